The van der Waals surface area contributed by atoms with Crippen molar-refractivity contribution in [2.24, 2.45) is 0 Å². The normalized spacial score (nSPS) is 29.8. The number of rotatable bonds is 4. The second-order valence-corrected chi connectivity index (χ2v) is 8.07. The Labute approximate surface area is 186 Å². The van der Waals surface area contributed by atoms with Crippen molar-refractivity contribution < 1.29 is 53.0 Å². The summed E-state index contributed by atoms with van der Waals surface area (Å²) in [5.41, 5.74) is -11.9. The number of halogens is 11. The first kappa shape index (κ1) is 25.9. The summed E-state index contributed by atoms with van der Waals surface area (Å²) in [6.45, 7) is -2.20. The molecule has 2 aliphatic rings. The number of benzene rings is 1. The molecule has 0 aliphatic heterocycles. The quantitative estimate of drug-likeness (QED) is 0.271. The van der Waals surface area contributed by atoms with E-state index in [9.17, 15) is 48.3 Å². The van der Waals surface area contributed by atoms with Crippen molar-refractivity contribution in [1.82, 2.24) is 0 Å². The van der Waals surface area contributed by atoms with Crippen molar-refractivity contribution in [2.45, 2.75) is 37.5 Å². The summed E-state index contributed by atoms with van der Waals surface area (Å²) in [6, 6.07) is -0.0719. The zero-order valence-corrected chi connectivity index (χ0v) is 17.5. The molecule has 0 amide bonds. The third-order valence-electron chi connectivity index (χ3n) is 5.51. The van der Waals surface area contributed by atoms with Crippen LogP contribution in [0.4, 0.5) is 48.3 Å². The highest BCUT2D eigenvalue weighted by molar-refractivity contribution is 6.88. The minimum absolute atomic E-state index is 0.0719. The fraction of sp³-hybridized carbons (Fsp3) is 0.333. The van der Waals surface area contributed by atoms with E-state index in [0.29, 0.717) is 21.0 Å². The second kappa shape index (κ2) is 8.49. The Morgan fingerprint density at radius 2 is 1.18 bits per heavy atom. The van der Waals surface area contributed by atoms with Gasteiger partial charge in [0, 0.05) is 22.5 Å². The van der Waals surface area contributed by atoms with E-state index < -0.39 is 93.3 Å². The van der Waals surface area contributed by atoms with Crippen LogP contribution in [0.5, 0.6) is 5.75 Å². The predicted molar refractivity (Wildman–Crippen MR) is 102 cm³/mol. The first-order chi connectivity index (χ1) is 15.6. The van der Waals surface area contributed by atoms with Gasteiger partial charge in [0.05, 0.1) is 7.11 Å². The highest BCUT2D eigenvalue weighted by Gasteiger charge is 2.52. The van der Waals surface area contributed by atoms with Crippen LogP contribution in [0, 0.1) is 17.5 Å². The summed E-state index contributed by atoms with van der Waals surface area (Å²) in [5, 5.41) is 0. The van der Waals surface area contributed by atoms with Gasteiger partial charge in [-0.1, -0.05) is 0 Å². The summed E-state index contributed by atoms with van der Waals surface area (Å²) in [6.07, 6.45) is -6.94. The van der Waals surface area contributed by atoms with Gasteiger partial charge in [-0.2, -0.15) is 0 Å². The van der Waals surface area contributed by atoms with Gasteiger partial charge in [0.25, 0.3) is 6.71 Å². The first-order valence-corrected chi connectivity index (χ1v) is 9.50. The molecule has 1 nitrogen and oxygen atoms in total. The third kappa shape index (κ3) is 3.92. The van der Waals surface area contributed by atoms with Crippen LogP contribution < -0.4 is 10.2 Å². The SMILES string of the molecule is COc1c(F)cc(F)c(F)c1B(C1=C(F)C(F)C(C)(F)C=C1F)C1=C(F)C(F)C(C)(F)C=C1F. The Hall–Kier alpha value is -2.73. The summed E-state index contributed by atoms with van der Waals surface area (Å²) < 4.78 is 165. The van der Waals surface area contributed by atoms with Crippen molar-refractivity contribution >= 4 is 12.2 Å². The molecule has 0 radical (unpaired) electrons. The number of methoxy groups -OCH3 is 1. The van der Waals surface area contributed by atoms with Gasteiger partial charge in [0.15, 0.2) is 46.9 Å². The summed E-state index contributed by atoms with van der Waals surface area (Å²) in [7, 11) is 0.666. The topological polar surface area (TPSA) is 9.23 Å². The maximum Gasteiger partial charge on any atom is 0.264 e. The smallest absolute Gasteiger partial charge is 0.264 e. The van der Waals surface area contributed by atoms with Gasteiger partial charge in [-0.05, 0) is 26.0 Å². The van der Waals surface area contributed by atoms with Crippen LogP contribution in [-0.4, -0.2) is 37.5 Å². The maximum absolute atomic E-state index is 14.9. The number of hydrogen-bond donors (Lipinski definition) is 0. The molecule has 0 aromatic heterocycles. The molecule has 1 aromatic carbocycles. The Balaban J connectivity index is 2.50. The molecule has 13 heteroatoms. The third-order valence-corrected chi connectivity index (χ3v) is 5.51. The fourth-order valence-corrected chi connectivity index (χ4v) is 3.84. The van der Waals surface area contributed by atoms with Crippen LogP contribution in [0.15, 0.2) is 52.5 Å². The molecule has 0 heterocycles. The molecular weight excluding hydrogens is 488 g/mol. The van der Waals surface area contributed by atoms with Crippen LogP contribution >= 0.6 is 0 Å². The summed E-state index contributed by atoms with van der Waals surface area (Å²) in [4.78, 5) is 0. The molecular formula is C21H14BF11O. The Morgan fingerprint density at radius 3 is 1.56 bits per heavy atom. The Morgan fingerprint density at radius 1 is 0.765 bits per heavy atom. The van der Waals surface area contributed by atoms with Crippen molar-refractivity contribution in [3.63, 3.8) is 0 Å². The standard InChI is InChI=1S/C21H14BF11O/c1-20(32)5-9(25)11(15(28)18(20)30)22(12-10(26)6-21(2,33)19(31)16(12)29)13-14(27)7(23)4-8(24)17(13)34-3/h4-6,18-19H,1-3H3. The molecule has 0 saturated heterocycles. The van der Waals surface area contributed by atoms with Gasteiger partial charge < -0.3 is 4.74 Å². The number of hydrogen-bond acceptors (Lipinski definition) is 1. The van der Waals surface area contributed by atoms with Gasteiger partial charge in [0.1, 0.15) is 23.3 Å². The van der Waals surface area contributed by atoms with Crippen LogP contribution in [0.3, 0.4) is 0 Å². The summed E-state index contributed by atoms with van der Waals surface area (Å²) in [5.74, 6) is -16.0. The molecule has 184 valence electrons. The molecule has 0 saturated carbocycles. The fourth-order valence-electron chi connectivity index (χ4n) is 3.84. The van der Waals surface area contributed by atoms with Crippen LogP contribution in [0.1, 0.15) is 13.8 Å². The van der Waals surface area contributed by atoms with Gasteiger partial charge in [0.2, 0.25) is 0 Å². The molecule has 34 heavy (non-hydrogen) atoms. The lowest BCUT2D eigenvalue weighted by Crippen LogP contribution is -2.47. The molecule has 0 fully saturated rings. The van der Waals surface area contributed by atoms with Crippen LogP contribution in [0.25, 0.3) is 0 Å². The molecule has 0 N–H and O–H groups in total. The predicted octanol–water partition coefficient (Wildman–Crippen LogP) is 6.21. The summed E-state index contributed by atoms with van der Waals surface area (Å²) >= 11 is 0. The van der Waals surface area contributed by atoms with E-state index in [1.54, 1.807) is 0 Å². The van der Waals surface area contributed by atoms with Gasteiger partial charge in [-0.15, -0.1) is 0 Å². The Bertz CT molecular complexity index is 1110. The molecule has 4 atom stereocenters. The van der Waals surface area contributed by atoms with Crippen molar-refractivity contribution in [3.05, 3.63) is 69.9 Å². The molecule has 2 aliphatic carbocycles. The number of ether oxygens (including phenoxy) is 1. The van der Waals surface area contributed by atoms with Crippen molar-refractivity contribution in [1.29, 1.82) is 0 Å². The van der Waals surface area contributed by atoms with Crippen molar-refractivity contribution in [2.75, 3.05) is 7.11 Å². The second-order valence-electron chi connectivity index (χ2n) is 8.07. The number of allylic oxidation sites excluding steroid dienone is 8. The largest absolute Gasteiger partial charge is 0.494 e. The zero-order chi connectivity index (χ0) is 25.9. The van der Waals surface area contributed by atoms with E-state index in [-0.39, 0.29) is 18.2 Å². The molecule has 0 bridgehead atoms. The van der Waals surface area contributed by atoms with E-state index >= 15 is 0 Å². The highest BCUT2D eigenvalue weighted by atomic mass is 19.2. The molecule has 1 aromatic rings. The zero-order valence-electron chi connectivity index (χ0n) is 17.5. The van der Waals surface area contributed by atoms with E-state index in [2.05, 4.69) is 4.74 Å². The van der Waals surface area contributed by atoms with Crippen molar-refractivity contribution in [3.8, 4) is 5.75 Å². The minimum Gasteiger partial charge on any atom is -0.494 e. The van der Waals surface area contributed by atoms with E-state index in [0.717, 1.165) is 0 Å². The molecule has 0 spiro atoms. The average Bonchev–Trinajstić information content (AvgIpc) is 2.71. The van der Waals surface area contributed by atoms with Gasteiger partial charge in [-0.25, -0.2) is 48.3 Å². The highest BCUT2D eigenvalue weighted by Crippen LogP contribution is 2.45. The lowest BCUT2D eigenvalue weighted by Gasteiger charge is -2.33. The monoisotopic (exact) mass is 502 g/mol. The van der Waals surface area contributed by atoms with Gasteiger partial charge >= 0.3 is 0 Å². The van der Waals surface area contributed by atoms with E-state index in [1.807, 2.05) is 0 Å². The van der Waals surface area contributed by atoms with Crippen LogP contribution in [-0.2, 0) is 0 Å². The van der Waals surface area contributed by atoms with E-state index in [4.69, 9.17) is 0 Å². The Kier molecular flexibility index (Phi) is 6.47. The maximum atomic E-state index is 14.9. The number of alkyl halides is 4. The first-order valence-electron chi connectivity index (χ1n) is 9.50. The average molecular weight is 502 g/mol. The lowest BCUT2D eigenvalue weighted by molar-refractivity contribution is 0.113. The molecule has 4 unspecified atom stereocenters. The molecule has 3 rings (SSSR count). The lowest BCUT2D eigenvalue weighted by atomic mass is 9.33. The minimum atomic E-state index is -3.33. The van der Waals surface area contributed by atoms with Gasteiger partial charge in [-0.3, -0.25) is 0 Å². The van der Waals surface area contributed by atoms with Crippen LogP contribution in [0.2, 0.25) is 0 Å². The van der Waals surface area contributed by atoms with E-state index in [1.165, 1.54) is 0 Å².